The Morgan fingerprint density at radius 2 is 1.65 bits per heavy atom. The molecule has 0 saturated carbocycles. The number of nitrogens with zero attached hydrogens (tertiary/aromatic N) is 2. The standard InChI is InChI=1S/C15H12N2O3/c18-15-17(13-9-5-2-6-10-13)16-14(20-15)19-11-12-7-3-1-4-8-12/h1-10H,11H2. The zero-order valence-corrected chi connectivity index (χ0v) is 10.6. The summed E-state index contributed by atoms with van der Waals surface area (Å²) < 4.78 is 11.5. The van der Waals surface area contributed by atoms with Crippen LogP contribution in [0.2, 0.25) is 0 Å². The van der Waals surface area contributed by atoms with Crippen molar-refractivity contribution in [3.8, 4) is 11.8 Å². The summed E-state index contributed by atoms with van der Waals surface area (Å²) in [6.07, 6.45) is -0.0392. The molecule has 0 saturated heterocycles. The Hall–Kier alpha value is -2.82. The number of rotatable bonds is 4. The van der Waals surface area contributed by atoms with E-state index >= 15 is 0 Å². The minimum Gasteiger partial charge on any atom is -0.444 e. The number of aromatic nitrogens is 2. The van der Waals surface area contributed by atoms with E-state index in [4.69, 9.17) is 9.15 Å². The predicted molar refractivity (Wildman–Crippen MR) is 72.9 cm³/mol. The maximum Gasteiger partial charge on any atom is 0.444 e. The van der Waals surface area contributed by atoms with Gasteiger partial charge >= 0.3 is 11.8 Å². The van der Waals surface area contributed by atoms with Gasteiger partial charge in [-0.2, -0.15) is 4.68 Å². The van der Waals surface area contributed by atoms with Gasteiger partial charge in [0.25, 0.3) is 0 Å². The summed E-state index contributed by atoms with van der Waals surface area (Å²) in [4.78, 5) is 11.7. The third kappa shape index (κ3) is 2.61. The molecule has 3 rings (SSSR count). The SMILES string of the molecule is O=c1oc(OCc2ccccc2)nn1-c1ccccc1. The molecule has 0 aliphatic carbocycles. The summed E-state index contributed by atoms with van der Waals surface area (Å²) in [5, 5.41) is 4.01. The fourth-order valence-electron chi connectivity index (χ4n) is 1.77. The minimum atomic E-state index is -0.570. The average molecular weight is 268 g/mol. The van der Waals surface area contributed by atoms with E-state index in [1.54, 1.807) is 12.1 Å². The molecule has 100 valence electrons. The molecule has 5 nitrogen and oxygen atoms in total. The average Bonchev–Trinajstić information content (AvgIpc) is 2.88. The van der Waals surface area contributed by atoms with Crippen molar-refractivity contribution in [1.29, 1.82) is 0 Å². The Bertz CT molecular complexity index is 733. The topological polar surface area (TPSA) is 57.3 Å². The highest BCUT2D eigenvalue weighted by Gasteiger charge is 2.10. The van der Waals surface area contributed by atoms with Crippen molar-refractivity contribution in [2.75, 3.05) is 0 Å². The first-order chi connectivity index (χ1) is 9.83. The van der Waals surface area contributed by atoms with E-state index in [0.717, 1.165) is 5.56 Å². The van der Waals surface area contributed by atoms with Gasteiger partial charge in [-0.1, -0.05) is 53.6 Å². The van der Waals surface area contributed by atoms with Crippen molar-refractivity contribution in [3.63, 3.8) is 0 Å². The molecule has 2 aromatic carbocycles. The smallest absolute Gasteiger partial charge is 0.444 e. The lowest BCUT2D eigenvalue weighted by atomic mass is 10.2. The molecule has 5 heteroatoms. The van der Waals surface area contributed by atoms with E-state index in [2.05, 4.69) is 5.10 Å². The molecule has 20 heavy (non-hydrogen) atoms. The van der Waals surface area contributed by atoms with Gasteiger partial charge in [0.15, 0.2) is 0 Å². The summed E-state index contributed by atoms with van der Waals surface area (Å²) in [6.45, 7) is 0.301. The van der Waals surface area contributed by atoms with Crippen LogP contribution >= 0.6 is 0 Å². The number of benzene rings is 2. The van der Waals surface area contributed by atoms with Crippen LogP contribution in [-0.4, -0.2) is 9.78 Å². The van der Waals surface area contributed by atoms with Crippen LogP contribution in [0.25, 0.3) is 5.69 Å². The molecule has 0 fully saturated rings. The first kappa shape index (κ1) is 12.2. The predicted octanol–water partition coefficient (Wildman–Crippen LogP) is 2.40. The van der Waals surface area contributed by atoms with Crippen LogP contribution in [-0.2, 0) is 6.61 Å². The van der Waals surface area contributed by atoms with Gasteiger partial charge in [0, 0.05) is 0 Å². The first-order valence-corrected chi connectivity index (χ1v) is 6.15. The Labute approximate surface area is 115 Å². The van der Waals surface area contributed by atoms with Crippen molar-refractivity contribution >= 4 is 0 Å². The van der Waals surface area contributed by atoms with Crippen molar-refractivity contribution in [3.05, 3.63) is 76.8 Å². The molecule has 0 aliphatic heterocycles. The van der Waals surface area contributed by atoms with Crippen LogP contribution in [0.5, 0.6) is 6.08 Å². The second-order valence-electron chi connectivity index (χ2n) is 4.16. The summed E-state index contributed by atoms with van der Waals surface area (Å²) >= 11 is 0. The highest BCUT2D eigenvalue weighted by Crippen LogP contribution is 2.10. The zero-order valence-electron chi connectivity index (χ0n) is 10.6. The van der Waals surface area contributed by atoms with Gasteiger partial charge in [-0.15, -0.1) is 0 Å². The molecular weight excluding hydrogens is 256 g/mol. The Balaban J connectivity index is 1.78. The highest BCUT2D eigenvalue weighted by molar-refractivity contribution is 5.29. The van der Waals surface area contributed by atoms with Crippen molar-refractivity contribution in [2.24, 2.45) is 0 Å². The number of para-hydroxylation sites is 1. The van der Waals surface area contributed by atoms with E-state index in [9.17, 15) is 4.79 Å². The van der Waals surface area contributed by atoms with E-state index in [0.29, 0.717) is 12.3 Å². The van der Waals surface area contributed by atoms with Gasteiger partial charge in [-0.3, -0.25) is 0 Å². The molecule has 0 bridgehead atoms. The van der Waals surface area contributed by atoms with E-state index in [1.165, 1.54) is 4.68 Å². The lowest BCUT2D eigenvalue weighted by Crippen LogP contribution is -2.12. The lowest BCUT2D eigenvalue weighted by molar-refractivity contribution is 0.215. The Morgan fingerprint density at radius 3 is 2.35 bits per heavy atom. The Kier molecular flexibility index (Phi) is 3.33. The molecule has 0 unspecified atom stereocenters. The maximum atomic E-state index is 11.7. The molecule has 0 N–H and O–H groups in total. The number of hydrogen-bond donors (Lipinski definition) is 0. The maximum absolute atomic E-state index is 11.7. The van der Waals surface area contributed by atoms with Gasteiger partial charge in [-0.25, -0.2) is 4.79 Å². The van der Waals surface area contributed by atoms with Crippen LogP contribution in [0, 0.1) is 0 Å². The first-order valence-electron chi connectivity index (χ1n) is 6.15. The Morgan fingerprint density at radius 1 is 1.00 bits per heavy atom. The summed E-state index contributed by atoms with van der Waals surface area (Å²) in [7, 11) is 0. The summed E-state index contributed by atoms with van der Waals surface area (Å²) in [6, 6.07) is 18.6. The van der Waals surface area contributed by atoms with Gasteiger partial charge in [0.05, 0.1) is 5.69 Å². The van der Waals surface area contributed by atoms with E-state index in [1.807, 2.05) is 48.5 Å². The van der Waals surface area contributed by atoms with Crippen molar-refractivity contribution < 1.29 is 9.15 Å². The van der Waals surface area contributed by atoms with E-state index < -0.39 is 5.76 Å². The van der Waals surface area contributed by atoms with Crippen LogP contribution in [0.15, 0.2) is 69.9 Å². The number of ether oxygens (including phenoxy) is 1. The van der Waals surface area contributed by atoms with Crippen LogP contribution in [0.1, 0.15) is 5.56 Å². The lowest BCUT2D eigenvalue weighted by Gasteiger charge is -2.00. The van der Waals surface area contributed by atoms with E-state index in [-0.39, 0.29) is 6.08 Å². The summed E-state index contributed by atoms with van der Waals surface area (Å²) in [5.74, 6) is -0.570. The molecule has 0 atom stereocenters. The molecule has 0 amide bonds. The van der Waals surface area contributed by atoms with Gasteiger partial charge in [-0.05, 0) is 17.7 Å². The van der Waals surface area contributed by atoms with Gasteiger partial charge in [0.2, 0.25) is 0 Å². The zero-order chi connectivity index (χ0) is 13.8. The highest BCUT2D eigenvalue weighted by atomic mass is 16.6. The largest absolute Gasteiger partial charge is 0.444 e. The molecule has 1 heterocycles. The molecule has 0 radical (unpaired) electrons. The third-order valence-corrected chi connectivity index (χ3v) is 2.74. The molecular formula is C15H12N2O3. The monoisotopic (exact) mass is 268 g/mol. The fraction of sp³-hybridized carbons (Fsp3) is 0.0667. The molecule has 0 spiro atoms. The van der Waals surface area contributed by atoms with Gasteiger partial charge in [0.1, 0.15) is 6.61 Å². The second-order valence-corrected chi connectivity index (χ2v) is 4.16. The molecule has 3 aromatic rings. The number of hydrogen-bond acceptors (Lipinski definition) is 4. The van der Waals surface area contributed by atoms with Gasteiger partial charge < -0.3 is 9.15 Å². The fourth-order valence-corrected chi connectivity index (χ4v) is 1.77. The quantitative estimate of drug-likeness (QED) is 0.729. The molecule has 1 aromatic heterocycles. The van der Waals surface area contributed by atoms with Crippen LogP contribution < -0.4 is 10.5 Å². The van der Waals surface area contributed by atoms with Crippen molar-refractivity contribution in [1.82, 2.24) is 9.78 Å². The van der Waals surface area contributed by atoms with Crippen molar-refractivity contribution in [2.45, 2.75) is 6.61 Å². The second kappa shape index (κ2) is 5.44. The third-order valence-electron chi connectivity index (χ3n) is 2.74. The normalized spacial score (nSPS) is 10.4. The van der Waals surface area contributed by atoms with Crippen LogP contribution in [0.4, 0.5) is 0 Å². The minimum absolute atomic E-state index is 0.0392. The summed E-state index contributed by atoms with van der Waals surface area (Å²) in [5.41, 5.74) is 1.61. The van der Waals surface area contributed by atoms with Crippen LogP contribution in [0.3, 0.4) is 0 Å². The molecule has 0 aliphatic rings.